The highest BCUT2D eigenvalue weighted by Gasteiger charge is 2.22. The number of esters is 1. The number of aliphatic hydroxyl groups excluding tert-OH is 1. The maximum Gasteiger partial charge on any atom is 0.356 e. The zero-order valence-corrected chi connectivity index (χ0v) is 11.9. The minimum atomic E-state index is -0.463. The van der Waals surface area contributed by atoms with Gasteiger partial charge in [-0.05, 0) is 38.2 Å². The van der Waals surface area contributed by atoms with Crippen molar-refractivity contribution in [1.82, 2.24) is 9.97 Å². The summed E-state index contributed by atoms with van der Waals surface area (Å²) in [5, 5.41) is 12.5. The topological polar surface area (TPSA) is 84.3 Å². The number of rotatable bonds is 4. The highest BCUT2D eigenvalue weighted by molar-refractivity contribution is 5.87. The van der Waals surface area contributed by atoms with Crippen molar-refractivity contribution in [1.29, 1.82) is 0 Å². The number of nitrogens with one attached hydrogen (secondary N) is 1. The van der Waals surface area contributed by atoms with Crippen molar-refractivity contribution < 1.29 is 14.6 Å². The molecular formula is C14H21N3O3. The van der Waals surface area contributed by atoms with Gasteiger partial charge >= 0.3 is 5.97 Å². The standard InChI is InChI=1S/C14H21N3O3/c1-9-6-12(13(19)20-2)17-14(15-9)16-11-5-3-4-10(7-11)8-18/h6,10-11,18H,3-5,7-8H2,1-2H3,(H,15,16,17)/t10-,11-/m1/s1. The first-order valence-corrected chi connectivity index (χ1v) is 6.93. The first-order chi connectivity index (χ1) is 9.62. The number of aromatic nitrogens is 2. The van der Waals surface area contributed by atoms with E-state index in [1.165, 1.54) is 7.11 Å². The number of methoxy groups -OCH3 is 1. The molecule has 0 saturated heterocycles. The number of nitrogens with zero attached hydrogens (tertiary/aromatic N) is 2. The van der Waals surface area contributed by atoms with Gasteiger partial charge in [0.25, 0.3) is 0 Å². The fraction of sp³-hybridized carbons (Fsp3) is 0.643. The van der Waals surface area contributed by atoms with E-state index < -0.39 is 5.97 Å². The molecule has 2 rings (SSSR count). The average molecular weight is 279 g/mol. The monoisotopic (exact) mass is 279 g/mol. The molecule has 1 heterocycles. The van der Waals surface area contributed by atoms with E-state index >= 15 is 0 Å². The summed E-state index contributed by atoms with van der Waals surface area (Å²) in [4.78, 5) is 20.0. The Morgan fingerprint density at radius 1 is 1.50 bits per heavy atom. The van der Waals surface area contributed by atoms with Crippen LogP contribution in [0, 0.1) is 12.8 Å². The summed E-state index contributed by atoms with van der Waals surface area (Å²) in [5.41, 5.74) is 0.981. The second-order valence-electron chi connectivity index (χ2n) is 5.27. The molecular weight excluding hydrogens is 258 g/mol. The molecule has 1 aromatic heterocycles. The van der Waals surface area contributed by atoms with E-state index in [0.717, 1.165) is 31.4 Å². The lowest BCUT2D eigenvalue weighted by Crippen LogP contribution is -2.29. The lowest BCUT2D eigenvalue weighted by molar-refractivity contribution is 0.0594. The molecule has 0 aromatic carbocycles. The van der Waals surface area contributed by atoms with Gasteiger partial charge in [0, 0.05) is 18.3 Å². The third-order valence-corrected chi connectivity index (χ3v) is 3.62. The smallest absolute Gasteiger partial charge is 0.356 e. The predicted octanol–water partition coefficient (Wildman–Crippen LogP) is 1.53. The van der Waals surface area contributed by atoms with Gasteiger partial charge in [-0.3, -0.25) is 0 Å². The largest absolute Gasteiger partial charge is 0.464 e. The zero-order chi connectivity index (χ0) is 14.5. The fourth-order valence-corrected chi connectivity index (χ4v) is 2.61. The van der Waals surface area contributed by atoms with Crippen LogP contribution in [0.3, 0.4) is 0 Å². The number of anilines is 1. The van der Waals surface area contributed by atoms with Gasteiger partial charge < -0.3 is 15.2 Å². The molecule has 6 nitrogen and oxygen atoms in total. The van der Waals surface area contributed by atoms with Gasteiger partial charge in [0.15, 0.2) is 5.69 Å². The molecule has 6 heteroatoms. The van der Waals surface area contributed by atoms with Gasteiger partial charge in [0.1, 0.15) is 0 Å². The lowest BCUT2D eigenvalue weighted by Gasteiger charge is -2.28. The number of hydrogen-bond donors (Lipinski definition) is 2. The Labute approximate surface area is 118 Å². The summed E-state index contributed by atoms with van der Waals surface area (Å²) in [6, 6.07) is 1.85. The van der Waals surface area contributed by atoms with Gasteiger partial charge in [0.2, 0.25) is 5.95 Å². The van der Waals surface area contributed by atoms with Crippen molar-refractivity contribution in [2.75, 3.05) is 19.0 Å². The lowest BCUT2D eigenvalue weighted by atomic mass is 9.86. The minimum absolute atomic E-state index is 0.222. The van der Waals surface area contributed by atoms with Crippen molar-refractivity contribution >= 4 is 11.9 Å². The third kappa shape index (κ3) is 3.66. The van der Waals surface area contributed by atoms with Crippen LogP contribution >= 0.6 is 0 Å². The van der Waals surface area contributed by atoms with Crippen molar-refractivity contribution in [2.24, 2.45) is 5.92 Å². The second-order valence-corrected chi connectivity index (χ2v) is 5.27. The summed E-state index contributed by atoms with van der Waals surface area (Å²) in [6.07, 6.45) is 4.08. The number of aryl methyl sites for hydroxylation is 1. The van der Waals surface area contributed by atoms with E-state index in [2.05, 4.69) is 20.0 Å². The summed E-state index contributed by atoms with van der Waals surface area (Å²) >= 11 is 0. The minimum Gasteiger partial charge on any atom is -0.464 e. The normalized spacial score (nSPS) is 22.4. The van der Waals surface area contributed by atoms with Gasteiger partial charge in [-0.15, -0.1) is 0 Å². The number of carbonyl (C=O) groups excluding carboxylic acids is 1. The molecule has 0 amide bonds. The molecule has 1 saturated carbocycles. The van der Waals surface area contributed by atoms with E-state index in [4.69, 9.17) is 0 Å². The molecule has 20 heavy (non-hydrogen) atoms. The van der Waals surface area contributed by atoms with Gasteiger partial charge in [-0.25, -0.2) is 14.8 Å². The second kappa shape index (κ2) is 6.65. The van der Waals surface area contributed by atoms with E-state index in [-0.39, 0.29) is 18.3 Å². The molecule has 0 spiro atoms. The Morgan fingerprint density at radius 2 is 2.30 bits per heavy atom. The van der Waals surface area contributed by atoms with Crippen molar-refractivity contribution in [2.45, 2.75) is 38.6 Å². The summed E-state index contributed by atoms with van der Waals surface area (Å²) in [7, 11) is 1.33. The first kappa shape index (κ1) is 14.7. The summed E-state index contributed by atoms with van der Waals surface area (Å²) in [5.74, 6) is 0.329. The first-order valence-electron chi connectivity index (χ1n) is 6.93. The highest BCUT2D eigenvalue weighted by Crippen LogP contribution is 2.25. The number of hydrogen-bond acceptors (Lipinski definition) is 6. The van der Waals surface area contributed by atoms with Crippen molar-refractivity contribution in [3.63, 3.8) is 0 Å². The average Bonchev–Trinajstić information content (AvgIpc) is 2.46. The Bertz CT molecular complexity index is 479. The van der Waals surface area contributed by atoms with Crippen LogP contribution < -0.4 is 5.32 Å². The van der Waals surface area contributed by atoms with Crippen LogP contribution in [0.4, 0.5) is 5.95 Å². The van der Waals surface area contributed by atoms with E-state index in [0.29, 0.717) is 11.9 Å². The Morgan fingerprint density at radius 3 is 3.00 bits per heavy atom. The summed E-state index contributed by atoms with van der Waals surface area (Å²) < 4.78 is 4.68. The Hall–Kier alpha value is -1.69. The van der Waals surface area contributed by atoms with Crippen LogP contribution in [0.1, 0.15) is 41.9 Å². The molecule has 2 atom stereocenters. The molecule has 1 aromatic rings. The van der Waals surface area contributed by atoms with Crippen LogP contribution in [0.25, 0.3) is 0 Å². The number of carbonyl (C=O) groups is 1. The van der Waals surface area contributed by atoms with Crippen molar-refractivity contribution in [3.8, 4) is 0 Å². The van der Waals surface area contributed by atoms with Gasteiger partial charge in [-0.1, -0.05) is 6.42 Å². The van der Waals surface area contributed by atoms with Gasteiger partial charge in [0.05, 0.1) is 7.11 Å². The molecule has 0 aliphatic heterocycles. The third-order valence-electron chi connectivity index (χ3n) is 3.62. The number of ether oxygens (including phenoxy) is 1. The molecule has 0 unspecified atom stereocenters. The van der Waals surface area contributed by atoms with E-state index in [1.807, 2.05) is 6.92 Å². The molecule has 1 fully saturated rings. The zero-order valence-electron chi connectivity index (χ0n) is 11.9. The van der Waals surface area contributed by atoms with Gasteiger partial charge in [-0.2, -0.15) is 0 Å². The maximum absolute atomic E-state index is 11.5. The fourth-order valence-electron chi connectivity index (χ4n) is 2.61. The van der Waals surface area contributed by atoms with E-state index in [1.54, 1.807) is 6.07 Å². The van der Waals surface area contributed by atoms with Crippen LogP contribution in [-0.4, -0.2) is 40.8 Å². The van der Waals surface area contributed by atoms with Crippen LogP contribution in [0.2, 0.25) is 0 Å². The van der Waals surface area contributed by atoms with Crippen molar-refractivity contribution in [3.05, 3.63) is 17.5 Å². The molecule has 0 bridgehead atoms. The summed E-state index contributed by atoms with van der Waals surface area (Å²) in [6.45, 7) is 2.04. The van der Waals surface area contributed by atoms with E-state index in [9.17, 15) is 9.90 Å². The maximum atomic E-state index is 11.5. The predicted molar refractivity (Wildman–Crippen MR) is 74.6 cm³/mol. The quantitative estimate of drug-likeness (QED) is 0.813. The Kier molecular flexibility index (Phi) is 4.89. The van der Waals surface area contributed by atoms with Crippen LogP contribution in [0.5, 0.6) is 0 Å². The van der Waals surface area contributed by atoms with Crippen LogP contribution in [0.15, 0.2) is 6.07 Å². The highest BCUT2D eigenvalue weighted by atomic mass is 16.5. The molecule has 1 aliphatic rings. The molecule has 0 radical (unpaired) electrons. The van der Waals surface area contributed by atoms with Crippen LogP contribution in [-0.2, 0) is 4.74 Å². The molecule has 1 aliphatic carbocycles. The molecule has 2 N–H and O–H groups in total. The molecule has 110 valence electrons. The Balaban J connectivity index is 2.08. The number of aliphatic hydroxyl groups is 1. The SMILES string of the molecule is COC(=O)c1cc(C)nc(N[C@@H]2CCC[C@@H](CO)C2)n1.